The monoisotopic (exact) mass is 251 g/mol. The summed E-state index contributed by atoms with van der Waals surface area (Å²) in [6.45, 7) is 6.80. The van der Waals surface area contributed by atoms with Crippen LogP contribution in [-0.4, -0.2) is 35.6 Å². The number of hydrogen-bond acceptors (Lipinski definition) is 4. The minimum Gasteiger partial charge on any atom is -0.312 e. The molecule has 1 atom stereocenters. The highest BCUT2D eigenvalue weighted by Gasteiger charge is 2.33. The Morgan fingerprint density at radius 2 is 2.41 bits per heavy atom. The fraction of sp³-hybridized carbons (Fsp3) is 0.769. The van der Waals surface area contributed by atoms with Gasteiger partial charge >= 0.3 is 0 Å². The van der Waals surface area contributed by atoms with E-state index in [0.717, 1.165) is 18.5 Å². The lowest BCUT2D eigenvalue weighted by Gasteiger charge is -2.23. The van der Waals surface area contributed by atoms with Gasteiger partial charge in [-0.3, -0.25) is 4.90 Å². The zero-order chi connectivity index (χ0) is 11.7. The van der Waals surface area contributed by atoms with E-state index in [-0.39, 0.29) is 0 Å². The number of thiazole rings is 1. The molecule has 3 nitrogen and oxygen atoms in total. The molecule has 2 aliphatic rings. The van der Waals surface area contributed by atoms with Crippen LogP contribution in [0.4, 0.5) is 0 Å². The molecule has 0 spiro atoms. The van der Waals surface area contributed by atoms with E-state index in [4.69, 9.17) is 0 Å². The molecular formula is C13H21N3S. The first kappa shape index (κ1) is 11.6. The Kier molecular flexibility index (Phi) is 3.45. The summed E-state index contributed by atoms with van der Waals surface area (Å²) in [5, 5.41) is 4.98. The number of hydrogen-bond donors (Lipinski definition) is 1. The summed E-state index contributed by atoms with van der Waals surface area (Å²) >= 11 is 1.84. The van der Waals surface area contributed by atoms with Crippen LogP contribution in [0, 0.1) is 12.8 Å². The van der Waals surface area contributed by atoms with E-state index in [1.54, 1.807) is 0 Å². The molecule has 94 valence electrons. The van der Waals surface area contributed by atoms with E-state index >= 15 is 0 Å². The normalized spacial score (nSPS) is 27.0. The molecule has 0 aromatic carbocycles. The first-order valence-electron chi connectivity index (χ1n) is 6.68. The molecule has 0 bridgehead atoms. The van der Waals surface area contributed by atoms with E-state index in [9.17, 15) is 0 Å². The van der Waals surface area contributed by atoms with Gasteiger partial charge in [-0.1, -0.05) is 0 Å². The Morgan fingerprint density at radius 1 is 1.53 bits per heavy atom. The molecule has 4 heteroatoms. The van der Waals surface area contributed by atoms with E-state index in [0.29, 0.717) is 0 Å². The summed E-state index contributed by atoms with van der Waals surface area (Å²) in [6.07, 6.45) is 6.13. The molecule has 1 aromatic rings. The highest BCUT2D eigenvalue weighted by molar-refractivity contribution is 7.11. The fourth-order valence-corrected chi connectivity index (χ4v) is 3.48. The van der Waals surface area contributed by atoms with Crippen LogP contribution in [0.2, 0.25) is 0 Å². The lowest BCUT2D eigenvalue weighted by Crippen LogP contribution is -2.38. The van der Waals surface area contributed by atoms with E-state index < -0.39 is 0 Å². The van der Waals surface area contributed by atoms with Gasteiger partial charge in [-0.05, 0) is 45.2 Å². The van der Waals surface area contributed by atoms with Gasteiger partial charge in [0.25, 0.3) is 0 Å². The number of nitrogens with zero attached hydrogens (tertiary/aromatic N) is 2. The fourth-order valence-electron chi connectivity index (χ4n) is 2.65. The second-order valence-electron chi connectivity index (χ2n) is 5.35. The van der Waals surface area contributed by atoms with E-state index in [1.807, 2.05) is 17.5 Å². The molecule has 2 fully saturated rings. The van der Waals surface area contributed by atoms with Crippen LogP contribution in [0.1, 0.15) is 29.1 Å². The molecule has 1 saturated heterocycles. The first-order valence-corrected chi connectivity index (χ1v) is 7.50. The van der Waals surface area contributed by atoms with Crippen molar-refractivity contribution in [3.05, 3.63) is 16.1 Å². The van der Waals surface area contributed by atoms with Gasteiger partial charge in [0.05, 0.1) is 6.54 Å². The van der Waals surface area contributed by atoms with Crippen LogP contribution in [-0.2, 0) is 6.54 Å². The summed E-state index contributed by atoms with van der Waals surface area (Å²) in [6, 6.07) is 0.735. The van der Waals surface area contributed by atoms with Crippen molar-refractivity contribution in [2.45, 2.75) is 38.8 Å². The molecule has 17 heavy (non-hydrogen) atoms. The standard InChI is InChI=1S/C13H21N3S/c1-10-7-15-13(17-10)9-16-6-2-5-14-12(8-16)11-3-4-11/h7,11-12,14H,2-6,8-9H2,1H3. The molecule has 1 N–H and O–H groups in total. The lowest BCUT2D eigenvalue weighted by atomic mass is 10.2. The third-order valence-corrected chi connectivity index (χ3v) is 4.63. The molecule has 1 aliphatic heterocycles. The van der Waals surface area contributed by atoms with Crippen molar-refractivity contribution in [1.29, 1.82) is 0 Å². The molecule has 1 unspecified atom stereocenters. The number of aromatic nitrogens is 1. The highest BCUT2D eigenvalue weighted by Crippen LogP contribution is 2.33. The van der Waals surface area contributed by atoms with Gasteiger partial charge in [-0.25, -0.2) is 4.98 Å². The molecule has 3 rings (SSSR count). The van der Waals surface area contributed by atoms with Crippen molar-refractivity contribution in [3.8, 4) is 0 Å². The van der Waals surface area contributed by atoms with Crippen molar-refractivity contribution in [2.75, 3.05) is 19.6 Å². The van der Waals surface area contributed by atoms with E-state index in [2.05, 4.69) is 22.1 Å². The summed E-state index contributed by atoms with van der Waals surface area (Å²) in [4.78, 5) is 8.39. The van der Waals surface area contributed by atoms with Crippen molar-refractivity contribution >= 4 is 11.3 Å². The zero-order valence-electron chi connectivity index (χ0n) is 10.5. The number of nitrogens with one attached hydrogen (secondary N) is 1. The largest absolute Gasteiger partial charge is 0.312 e. The third-order valence-electron chi connectivity index (χ3n) is 3.73. The van der Waals surface area contributed by atoms with Crippen LogP contribution in [0.25, 0.3) is 0 Å². The Hall–Kier alpha value is -0.450. The van der Waals surface area contributed by atoms with Crippen LogP contribution in [0.15, 0.2) is 6.20 Å². The zero-order valence-corrected chi connectivity index (χ0v) is 11.3. The Bertz CT molecular complexity index is 372. The first-order chi connectivity index (χ1) is 8.31. The van der Waals surface area contributed by atoms with Gasteiger partial charge in [0.15, 0.2) is 0 Å². The molecule has 1 saturated carbocycles. The second kappa shape index (κ2) is 5.04. The maximum Gasteiger partial charge on any atom is 0.107 e. The van der Waals surface area contributed by atoms with Crippen LogP contribution in [0.5, 0.6) is 0 Å². The SMILES string of the molecule is Cc1cnc(CN2CCCNC(C3CC3)C2)s1. The third kappa shape index (κ3) is 3.06. The average Bonchev–Trinajstić information content (AvgIpc) is 3.07. The van der Waals surface area contributed by atoms with Gasteiger partial charge in [-0.2, -0.15) is 0 Å². The predicted molar refractivity (Wildman–Crippen MR) is 71.3 cm³/mol. The Balaban J connectivity index is 1.60. The average molecular weight is 251 g/mol. The van der Waals surface area contributed by atoms with Gasteiger partial charge in [0, 0.05) is 23.7 Å². The van der Waals surface area contributed by atoms with Crippen molar-refractivity contribution in [3.63, 3.8) is 0 Å². The minimum absolute atomic E-state index is 0.735. The molecule has 1 aromatic heterocycles. The molecule has 1 aliphatic carbocycles. The lowest BCUT2D eigenvalue weighted by molar-refractivity contribution is 0.250. The Labute approximate surface area is 107 Å². The highest BCUT2D eigenvalue weighted by atomic mass is 32.1. The van der Waals surface area contributed by atoms with Gasteiger partial charge in [-0.15, -0.1) is 11.3 Å². The van der Waals surface area contributed by atoms with E-state index in [1.165, 1.54) is 48.8 Å². The van der Waals surface area contributed by atoms with Crippen LogP contribution >= 0.6 is 11.3 Å². The number of rotatable bonds is 3. The molecular weight excluding hydrogens is 230 g/mol. The minimum atomic E-state index is 0.735. The summed E-state index contributed by atoms with van der Waals surface area (Å²) in [7, 11) is 0. The van der Waals surface area contributed by atoms with Crippen molar-refractivity contribution in [2.24, 2.45) is 5.92 Å². The maximum absolute atomic E-state index is 4.48. The van der Waals surface area contributed by atoms with Gasteiger partial charge in [0.1, 0.15) is 5.01 Å². The van der Waals surface area contributed by atoms with Gasteiger partial charge in [0.2, 0.25) is 0 Å². The quantitative estimate of drug-likeness (QED) is 0.891. The number of aryl methyl sites for hydroxylation is 1. The molecule has 2 heterocycles. The smallest absolute Gasteiger partial charge is 0.107 e. The predicted octanol–water partition coefficient (Wildman–Crippen LogP) is 2.03. The van der Waals surface area contributed by atoms with Crippen molar-refractivity contribution < 1.29 is 0 Å². The second-order valence-corrected chi connectivity index (χ2v) is 6.67. The molecule has 0 amide bonds. The summed E-state index contributed by atoms with van der Waals surface area (Å²) in [5.41, 5.74) is 0. The molecule has 0 radical (unpaired) electrons. The summed E-state index contributed by atoms with van der Waals surface area (Å²) in [5.74, 6) is 0.952. The Morgan fingerprint density at radius 3 is 3.12 bits per heavy atom. The van der Waals surface area contributed by atoms with Crippen LogP contribution < -0.4 is 5.32 Å². The van der Waals surface area contributed by atoms with Gasteiger partial charge < -0.3 is 5.32 Å². The van der Waals surface area contributed by atoms with Crippen LogP contribution in [0.3, 0.4) is 0 Å². The van der Waals surface area contributed by atoms with Crippen molar-refractivity contribution in [1.82, 2.24) is 15.2 Å². The topological polar surface area (TPSA) is 28.2 Å². The maximum atomic E-state index is 4.48. The summed E-state index contributed by atoms with van der Waals surface area (Å²) < 4.78 is 0.